The van der Waals surface area contributed by atoms with Gasteiger partial charge in [-0.1, -0.05) is 0 Å². The average Bonchev–Trinajstić information content (AvgIpc) is 3.00. The number of rotatable bonds is 4. The highest BCUT2D eigenvalue weighted by atomic mass is 16.5. The van der Waals surface area contributed by atoms with Crippen LogP contribution in [-0.2, 0) is 25.4 Å². The van der Waals surface area contributed by atoms with E-state index in [2.05, 4.69) is 9.88 Å². The number of hydrogen-bond acceptors (Lipinski definition) is 6. The van der Waals surface area contributed by atoms with E-state index in [1.165, 1.54) is 10.9 Å². The van der Waals surface area contributed by atoms with Crippen LogP contribution >= 0.6 is 0 Å². The van der Waals surface area contributed by atoms with E-state index in [0.717, 1.165) is 29.0 Å². The van der Waals surface area contributed by atoms with E-state index < -0.39 is 11.2 Å². The van der Waals surface area contributed by atoms with E-state index in [1.54, 1.807) is 30.7 Å². The largest absolute Gasteiger partial charge is 0.497 e. The number of amides is 1. The Morgan fingerprint density at radius 1 is 1.06 bits per heavy atom. The highest BCUT2D eigenvalue weighted by Gasteiger charge is 2.22. The molecular formula is C21H26N6O4. The first-order valence-electron chi connectivity index (χ1n) is 10.2. The molecule has 1 amide bonds. The zero-order valence-corrected chi connectivity index (χ0v) is 17.9. The topological polar surface area (TPSA) is 94.6 Å². The molecule has 31 heavy (non-hydrogen) atoms. The second-order valence-electron chi connectivity index (χ2n) is 7.68. The van der Waals surface area contributed by atoms with Gasteiger partial charge in [-0.3, -0.25) is 14.2 Å². The van der Waals surface area contributed by atoms with E-state index >= 15 is 0 Å². The molecule has 0 aliphatic carbocycles. The van der Waals surface area contributed by atoms with E-state index in [-0.39, 0.29) is 12.5 Å². The van der Waals surface area contributed by atoms with Crippen LogP contribution in [0.3, 0.4) is 0 Å². The number of nitrogens with zero attached hydrogens (tertiary/aromatic N) is 6. The van der Waals surface area contributed by atoms with Gasteiger partial charge in [0.25, 0.3) is 5.56 Å². The van der Waals surface area contributed by atoms with Crippen LogP contribution in [0.5, 0.6) is 5.75 Å². The molecule has 3 heterocycles. The molecule has 0 radical (unpaired) electrons. The zero-order valence-electron chi connectivity index (χ0n) is 17.9. The number of anilines is 1. The molecule has 4 rings (SSSR count). The van der Waals surface area contributed by atoms with Gasteiger partial charge in [0.1, 0.15) is 12.3 Å². The third-order valence-corrected chi connectivity index (χ3v) is 5.78. The Kier molecular flexibility index (Phi) is 5.53. The van der Waals surface area contributed by atoms with Crippen LogP contribution in [-0.4, -0.2) is 62.8 Å². The normalized spacial score (nSPS) is 14.7. The van der Waals surface area contributed by atoms with Gasteiger partial charge in [0.05, 0.1) is 13.4 Å². The van der Waals surface area contributed by atoms with Gasteiger partial charge in [0.2, 0.25) is 5.91 Å². The number of fused-ring (bicyclic) bond motifs is 1. The van der Waals surface area contributed by atoms with Crippen LogP contribution in [0.4, 0.5) is 5.69 Å². The summed E-state index contributed by atoms with van der Waals surface area (Å²) in [5.74, 6) is 0.560. The van der Waals surface area contributed by atoms with E-state index in [1.807, 2.05) is 24.3 Å². The lowest BCUT2D eigenvalue weighted by Gasteiger charge is -2.24. The summed E-state index contributed by atoms with van der Waals surface area (Å²) in [6, 6.07) is 7.84. The number of hydrogen-bond donors (Lipinski definition) is 0. The molecule has 10 heteroatoms. The second-order valence-corrected chi connectivity index (χ2v) is 7.68. The summed E-state index contributed by atoms with van der Waals surface area (Å²) in [7, 11) is 4.88. The van der Waals surface area contributed by atoms with Crippen molar-refractivity contribution in [2.45, 2.75) is 13.0 Å². The van der Waals surface area contributed by atoms with Crippen LogP contribution in [0.15, 0.2) is 40.2 Å². The summed E-state index contributed by atoms with van der Waals surface area (Å²) >= 11 is 0. The van der Waals surface area contributed by atoms with Crippen molar-refractivity contribution >= 4 is 22.8 Å². The molecule has 1 aromatic carbocycles. The molecular weight excluding hydrogens is 400 g/mol. The van der Waals surface area contributed by atoms with Gasteiger partial charge < -0.3 is 19.1 Å². The summed E-state index contributed by atoms with van der Waals surface area (Å²) in [6.07, 6.45) is 2.28. The molecule has 1 saturated heterocycles. The maximum atomic E-state index is 13.0. The maximum Gasteiger partial charge on any atom is 0.332 e. The molecule has 3 aromatic rings. The number of methoxy groups -OCH3 is 1. The molecule has 0 unspecified atom stereocenters. The first-order chi connectivity index (χ1) is 14.9. The van der Waals surface area contributed by atoms with Crippen LogP contribution in [0.2, 0.25) is 0 Å². The van der Waals surface area contributed by atoms with Crippen LogP contribution in [0.1, 0.15) is 6.42 Å². The lowest BCUT2D eigenvalue weighted by Crippen LogP contribution is -2.45. The van der Waals surface area contributed by atoms with Crippen molar-refractivity contribution in [1.82, 2.24) is 23.6 Å². The minimum Gasteiger partial charge on any atom is -0.497 e. The predicted octanol–water partition coefficient (Wildman–Crippen LogP) is 0.181. The SMILES string of the molecule is COc1ccc(N2CCCN(C(=O)Cn3c(=O)c4c(ncn4C)n(C)c3=O)CC2)cc1. The second kappa shape index (κ2) is 8.29. The monoisotopic (exact) mass is 426 g/mol. The molecule has 2 aromatic heterocycles. The van der Waals surface area contributed by atoms with Gasteiger partial charge in [-0.15, -0.1) is 0 Å². The van der Waals surface area contributed by atoms with Gasteiger partial charge >= 0.3 is 5.69 Å². The Hall–Kier alpha value is -3.56. The summed E-state index contributed by atoms with van der Waals surface area (Å²) in [4.78, 5) is 46.6. The molecule has 1 aliphatic heterocycles. The molecule has 0 atom stereocenters. The summed E-state index contributed by atoms with van der Waals surface area (Å²) < 4.78 is 9.08. The first-order valence-corrected chi connectivity index (χ1v) is 10.2. The fourth-order valence-electron chi connectivity index (χ4n) is 3.99. The number of carbonyl (C=O) groups is 1. The van der Waals surface area contributed by atoms with Crippen LogP contribution in [0, 0.1) is 0 Å². The van der Waals surface area contributed by atoms with Crippen molar-refractivity contribution in [2.24, 2.45) is 14.1 Å². The summed E-state index contributed by atoms with van der Waals surface area (Å²) in [6.45, 7) is 2.31. The summed E-state index contributed by atoms with van der Waals surface area (Å²) in [5.41, 5.74) is 0.643. The fraction of sp³-hybridized carbons (Fsp3) is 0.429. The van der Waals surface area contributed by atoms with Crippen molar-refractivity contribution in [2.75, 3.05) is 38.2 Å². The predicted molar refractivity (Wildman–Crippen MR) is 117 cm³/mol. The lowest BCUT2D eigenvalue weighted by atomic mass is 10.2. The first kappa shape index (κ1) is 20.7. The molecule has 0 N–H and O–H groups in total. The lowest BCUT2D eigenvalue weighted by molar-refractivity contribution is -0.131. The standard InChI is InChI=1S/C21H26N6O4/c1-23-14-22-19-18(23)20(29)27(21(30)24(19)2)13-17(28)26-10-4-9-25(11-12-26)15-5-7-16(31-3)8-6-15/h5-8,14H,4,9-13H2,1-3H3. The number of aromatic nitrogens is 4. The molecule has 1 aliphatic rings. The van der Waals surface area contributed by atoms with Gasteiger partial charge in [-0.25, -0.2) is 14.3 Å². The number of ether oxygens (including phenoxy) is 1. The van der Waals surface area contributed by atoms with Crippen LogP contribution in [0.25, 0.3) is 11.2 Å². The van der Waals surface area contributed by atoms with Gasteiger partial charge in [-0.05, 0) is 30.7 Å². The van der Waals surface area contributed by atoms with Crippen molar-refractivity contribution in [3.05, 3.63) is 51.4 Å². The number of imidazole rings is 1. The smallest absolute Gasteiger partial charge is 0.332 e. The Labute approximate surface area is 178 Å². The Morgan fingerprint density at radius 3 is 2.52 bits per heavy atom. The summed E-state index contributed by atoms with van der Waals surface area (Å²) in [5, 5.41) is 0. The quantitative estimate of drug-likeness (QED) is 0.591. The average molecular weight is 426 g/mol. The van der Waals surface area contributed by atoms with Crippen molar-refractivity contribution < 1.29 is 9.53 Å². The molecule has 10 nitrogen and oxygen atoms in total. The Balaban J connectivity index is 1.51. The maximum absolute atomic E-state index is 13.0. The highest BCUT2D eigenvalue weighted by Crippen LogP contribution is 2.20. The zero-order chi connectivity index (χ0) is 22.1. The van der Waals surface area contributed by atoms with Gasteiger partial charge in [0.15, 0.2) is 11.2 Å². The van der Waals surface area contributed by atoms with E-state index in [4.69, 9.17) is 4.74 Å². The minimum atomic E-state index is -0.542. The third-order valence-electron chi connectivity index (χ3n) is 5.78. The van der Waals surface area contributed by atoms with Crippen molar-refractivity contribution in [3.8, 4) is 5.75 Å². The molecule has 164 valence electrons. The number of benzene rings is 1. The number of aryl methyl sites for hydroxylation is 2. The van der Waals surface area contributed by atoms with Gasteiger partial charge in [0, 0.05) is 46.0 Å². The van der Waals surface area contributed by atoms with E-state index in [0.29, 0.717) is 30.8 Å². The Morgan fingerprint density at radius 2 is 1.81 bits per heavy atom. The van der Waals surface area contributed by atoms with Crippen LogP contribution < -0.4 is 20.9 Å². The fourth-order valence-corrected chi connectivity index (χ4v) is 3.99. The van der Waals surface area contributed by atoms with Crippen molar-refractivity contribution in [3.63, 3.8) is 0 Å². The van der Waals surface area contributed by atoms with Crippen molar-refractivity contribution in [1.29, 1.82) is 0 Å². The van der Waals surface area contributed by atoms with Gasteiger partial charge in [-0.2, -0.15) is 0 Å². The Bertz CT molecular complexity index is 1220. The molecule has 1 fully saturated rings. The minimum absolute atomic E-state index is 0.239. The van der Waals surface area contributed by atoms with E-state index in [9.17, 15) is 14.4 Å². The molecule has 0 saturated carbocycles. The highest BCUT2D eigenvalue weighted by molar-refractivity contribution is 5.77. The molecule has 0 spiro atoms. The molecule has 0 bridgehead atoms. The third kappa shape index (κ3) is 3.80. The number of carbonyl (C=O) groups excluding carboxylic acids is 1.